The molecule has 0 aliphatic heterocycles. The fourth-order valence-electron chi connectivity index (χ4n) is 0.718. The first kappa shape index (κ1) is 12.2. The van der Waals surface area contributed by atoms with Crippen LogP contribution in [0.3, 0.4) is 0 Å². The molecule has 1 rings (SSSR count). The minimum Gasteiger partial charge on any atom is -0.497 e. The smallest absolute Gasteiger partial charge is 0.267 e. The van der Waals surface area contributed by atoms with E-state index in [9.17, 15) is 4.79 Å². The van der Waals surface area contributed by atoms with Crippen molar-refractivity contribution >= 4 is 34.2 Å². The Balaban J connectivity index is 0.00000144. The van der Waals surface area contributed by atoms with Crippen LogP contribution < -0.4 is 10.5 Å². The minimum absolute atomic E-state index is 0. The third kappa shape index (κ3) is 3.20. The van der Waals surface area contributed by atoms with Crippen molar-refractivity contribution in [2.45, 2.75) is 0 Å². The molecule has 0 saturated heterocycles. The maximum absolute atomic E-state index is 10.7. The lowest BCUT2D eigenvalue weighted by molar-refractivity contribution is 0.0995. The Morgan fingerprint density at radius 3 is 2.69 bits per heavy atom. The topological polar surface area (TPSA) is 65.2 Å². The van der Waals surface area contributed by atoms with E-state index in [1.807, 2.05) is 0 Å². The molecule has 1 aromatic rings. The van der Waals surface area contributed by atoms with Crippen molar-refractivity contribution < 1.29 is 9.53 Å². The van der Waals surface area contributed by atoms with Crippen molar-refractivity contribution in [3.63, 3.8) is 0 Å². The van der Waals surface area contributed by atoms with Gasteiger partial charge in [0.1, 0.15) is 16.0 Å². The SMILES string of the molecule is COc1cc(Br)nc(C(N)=O)c1.Cl. The van der Waals surface area contributed by atoms with Crippen LogP contribution in [-0.2, 0) is 0 Å². The van der Waals surface area contributed by atoms with Crippen molar-refractivity contribution in [2.24, 2.45) is 5.73 Å². The van der Waals surface area contributed by atoms with E-state index in [2.05, 4.69) is 20.9 Å². The fraction of sp³-hybridized carbons (Fsp3) is 0.143. The van der Waals surface area contributed by atoms with Crippen LogP contribution >= 0.6 is 28.3 Å². The number of hydrogen-bond donors (Lipinski definition) is 1. The number of hydrogen-bond acceptors (Lipinski definition) is 3. The molecule has 0 saturated carbocycles. The van der Waals surface area contributed by atoms with Gasteiger partial charge in [-0.05, 0) is 15.9 Å². The monoisotopic (exact) mass is 266 g/mol. The Labute approximate surface area is 90.0 Å². The molecule has 13 heavy (non-hydrogen) atoms. The molecule has 0 radical (unpaired) electrons. The maximum atomic E-state index is 10.7. The molecule has 72 valence electrons. The lowest BCUT2D eigenvalue weighted by atomic mass is 10.3. The molecule has 0 aliphatic carbocycles. The lowest BCUT2D eigenvalue weighted by Crippen LogP contribution is -2.13. The van der Waals surface area contributed by atoms with Gasteiger partial charge in [0, 0.05) is 12.1 Å². The second kappa shape index (κ2) is 5.04. The summed E-state index contributed by atoms with van der Waals surface area (Å²) in [6.45, 7) is 0. The number of rotatable bonds is 2. The summed E-state index contributed by atoms with van der Waals surface area (Å²) in [5.41, 5.74) is 5.21. The molecule has 1 aromatic heterocycles. The van der Waals surface area contributed by atoms with E-state index in [1.165, 1.54) is 13.2 Å². The molecular formula is C7H8BrClN2O2. The van der Waals surface area contributed by atoms with Gasteiger partial charge in [-0.2, -0.15) is 0 Å². The summed E-state index contributed by atoms with van der Waals surface area (Å²) in [5.74, 6) is -0.0275. The number of nitrogens with two attached hydrogens (primary N) is 1. The molecule has 6 heteroatoms. The van der Waals surface area contributed by atoms with Crippen molar-refractivity contribution in [3.05, 3.63) is 22.4 Å². The number of amides is 1. The number of methoxy groups -OCH3 is 1. The van der Waals surface area contributed by atoms with Crippen LogP contribution in [0.2, 0.25) is 0 Å². The molecule has 1 amide bonds. The molecule has 0 atom stereocenters. The number of carbonyl (C=O) groups excluding carboxylic acids is 1. The average molecular weight is 268 g/mol. The largest absolute Gasteiger partial charge is 0.497 e. The zero-order valence-electron chi connectivity index (χ0n) is 6.78. The Morgan fingerprint density at radius 2 is 2.23 bits per heavy atom. The summed E-state index contributed by atoms with van der Waals surface area (Å²) in [5, 5.41) is 0. The zero-order chi connectivity index (χ0) is 9.14. The molecule has 0 bridgehead atoms. The lowest BCUT2D eigenvalue weighted by Gasteiger charge is -2.01. The summed E-state index contributed by atoms with van der Waals surface area (Å²) in [7, 11) is 1.51. The van der Waals surface area contributed by atoms with E-state index < -0.39 is 5.91 Å². The van der Waals surface area contributed by atoms with Gasteiger partial charge in [-0.15, -0.1) is 12.4 Å². The van der Waals surface area contributed by atoms with Gasteiger partial charge in [0.05, 0.1) is 7.11 Å². The van der Waals surface area contributed by atoms with Crippen LogP contribution in [0.4, 0.5) is 0 Å². The predicted molar refractivity (Wildman–Crippen MR) is 54.3 cm³/mol. The molecule has 0 aliphatic rings. The van der Waals surface area contributed by atoms with Gasteiger partial charge in [-0.25, -0.2) is 4.98 Å². The van der Waals surface area contributed by atoms with Crippen LogP contribution in [-0.4, -0.2) is 18.0 Å². The van der Waals surface area contributed by atoms with Gasteiger partial charge in [0.25, 0.3) is 5.91 Å². The van der Waals surface area contributed by atoms with Crippen LogP contribution in [0, 0.1) is 0 Å². The first-order chi connectivity index (χ1) is 5.63. The van der Waals surface area contributed by atoms with Gasteiger partial charge in [-0.1, -0.05) is 0 Å². The highest BCUT2D eigenvalue weighted by atomic mass is 79.9. The van der Waals surface area contributed by atoms with Crippen LogP contribution in [0.25, 0.3) is 0 Å². The number of halogens is 2. The standard InChI is InChI=1S/C7H7BrN2O2.ClH/c1-12-4-2-5(7(9)11)10-6(8)3-4;/h2-3H,1H3,(H2,9,11);1H. The van der Waals surface area contributed by atoms with Gasteiger partial charge in [-0.3, -0.25) is 4.79 Å². The van der Waals surface area contributed by atoms with Crippen LogP contribution in [0.5, 0.6) is 5.75 Å². The molecular weight excluding hydrogens is 259 g/mol. The minimum atomic E-state index is -0.574. The summed E-state index contributed by atoms with van der Waals surface area (Å²) in [4.78, 5) is 14.5. The van der Waals surface area contributed by atoms with E-state index in [0.29, 0.717) is 10.4 Å². The maximum Gasteiger partial charge on any atom is 0.267 e. The van der Waals surface area contributed by atoms with Gasteiger partial charge >= 0.3 is 0 Å². The number of carbonyl (C=O) groups is 1. The summed E-state index contributed by atoms with van der Waals surface area (Å²) in [6.07, 6.45) is 0. The normalized spacial score (nSPS) is 8.77. The second-order valence-corrected chi connectivity index (χ2v) is 2.89. The Kier molecular flexibility index (Phi) is 4.72. The number of aromatic nitrogens is 1. The van der Waals surface area contributed by atoms with Gasteiger partial charge < -0.3 is 10.5 Å². The Bertz CT molecular complexity index is 319. The fourth-order valence-corrected chi connectivity index (χ4v) is 1.13. The number of pyridine rings is 1. The number of primary amides is 1. The van der Waals surface area contributed by atoms with E-state index in [1.54, 1.807) is 6.07 Å². The third-order valence-electron chi connectivity index (χ3n) is 1.26. The second-order valence-electron chi connectivity index (χ2n) is 2.08. The van der Waals surface area contributed by atoms with Gasteiger partial charge in [0.2, 0.25) is 0 Å². The van der Waals surface area contributed by atoms with Gasteiger partial charge in [0.15, 0.2) is 0 Å². The Morgan fingerprint density at radius 1 is 1.62 bits per heavy atom. The van der Waals surface area contributed by atoms with E-state index in [-0.39, 0.29) is 18.1 Å². The third-order valence-corrected chi connectivity index (χ3v) is 1.66. The van der Waals surface area contributed by atoms with Crippen molar-refractivity contribution in [1.29, 1.82) is 0 Å². The summed E-state index contributed by atoms with van der Waals surface area (Å²) < 4.78 is 5.43. The molecule has 0 fully saturated rings. The zero-order valence-corrected chi connectivity index (χ0v) is 9.18. The van der Waals surface area contributed by atoms with E-state index in [0.717, 1.165) is 0 Å². The van der Waals surface area contributed by atoms with Crippen LogP contribution in [0.15, 0.2) is 16.7 Å². The Hall–Kier alpha value is -0.810. The quantitative estimate of drug-likeness (QED) is 0.823. The molecule has 0 spiro atoms. The highest BCUT2D eigenvalue weighted by Gasteiger charge is 2.05. The molecule has 1 heterocycles. The highest BCUT2D eigenvalue weighted by molar-refractivity contribution is 9.10. The van der Waals surface area contributed by atoms with E-state index in [4.69, 9.17) is 10.5 Å². The average Bonchev–Trinajstić information content (AvgIpc) is 2.03. The summed E-state index contributed by atoms with van der Waals surface area (Å²) in [6, 6.07) is 3.12. The van der Waals surface area contributed by atoms with Crippen molar-refractivity contribution in [2.75, 3.05) is 7.11 Å². The number of ether oxygens (including phenoxy) is 1. The van der Waals surface area contributed by atoms with Crippen molar-refractivity contribution in [3.8, 4) is 5.75 Å². The number of nitrogens with zero attached hydrogens (tertiary/aromatic N) is 1. The van der Waals surface area contributed by atoms with Crippen molar-refractivity contribution in [1.82, 2.24) is 4.98 Å². The van der Waals surface area contributed by atoms with Crippen LogP contribution in [0.1, 0.15) is 10.5 Å². The summed E-state index contributed by atoms with van der Waals surface area (Å²) >= 11 is 3.12. The highest BCUT2D eigenvalue weighted by Crippen LogP contribution is 2.17. The first-order valence-electron chi connectivity index (χ1n) is 3.15. The first-order valence-corrected chi connectivity index (χ1v) is 3.94. The molecule has 0 unspecified atom stereocenters. The molecule has 0 aromatic carbocycles. The predicted octanol–water partition coefficient (Wildman–Crippen LogP) is 1.37. The van der Waals surface area contributed by atoms with E-state index >= 15 is 0 Å². The molecule has 2 N–H and O–H groups in total. The molecule has 4 nitrogen and oxygen atoms in total.